The van der Waals surface area contributed by atoms with E-state index in [0.29, 0.717) is 36.7 Å². The Morgan fingerprint density at radius 3 is 2.69 bits per heavy atom. The van der Waals surface area contributed by atoms with Crippen molar-refractivity contribution in [3.8, 4) is 5.75 Å². The van der Waals surface area contributed by atoms with Crippen LogP contribution < -0.4 is 9.46 Å². The summed E-state index contributed by atoms with van der Waals surface area (Å²) in [7, 11) is -3.86. The van der Waals surface area contributed by atoms with Crippen LogP contribution in [0.5, 0.6) is 5.75 Å². The molecule has 1 heterocycles. The third-order valence-electron chi connectivity index (χ3n) is 4.56. The number of carbonyl (C=O) groups excluding carboxylic acids is 1. The lowest BCUT2D eigenvalue weighted by atomic mass is 10.2. The summed E-state index contributed by atoms with van der Waals surface area (Å²) in [5.74, 6) is 0.413. The molecule has 1 fully saturated rings. The van der Waals surface area contributed by atoms with Crippen molar-refractivity contribution in [3.63, 3.8) is 0 Å². The van der Waals surface area contributed by atoms with Gasteiger partial charge in [0.25, 0.3) is 15.9 Å². The van der Waals surface area contributed by atoms with Crippen molar-refractivity contribution >= 4 is 33.4 Å². The second kappa shape index (κ2) is 9.37. The highest BCUT2D eigenvalue weighted by Gasteiger charge is 2.24. The number of thioether (sulfide) groups is 1. The number of amides is 1. The number of ether oxygens (including phenoxy) is 1. The van der Waals surface area contributed by atoms with Crippen molar-refractivity contribution in [2.45, 2.75) is 22.6 Å². The van der Waals surface area contributed by atoms with E-state index >= 15 is 0 Å². The fourth-order valence-electron chi connectivity index (χ4n) is 3.13. The van der Waals surface area contributed by atoms with Crippen molar-refractivity contribution in [1.29, 1.82) is 0 Å². The fraction of sp³-hybridized carbons (Fsp3) is 0.286. The molecule has 8 heteroatoms. The van der Waals surface area contributed by atoms with Gasteiger partial charge in [-0.15, -0.1) is 11.8 Å². The second-order valence-corrected chi connectivity index (χ2v) is 9.12. The van der Waals surface area contributed by atoms with Gasteiger partial charge >= 0.3 is 0 Å². The maximum atomic E-state index is 12.9. The molecule has 154 valence electrons. The molecule has 0 radical (unpaired) electrons. The van der Waals surface area contributed by atoms with E-state index in [4.69, 9.17) is 4.74 Å². The normalized spacial score (nSPS) is 13.9. The summed E-state index contributed by atoms with van der Waals surface area (Å²) in [6.07, 6.45) is 5.44. The number of nitrogens with one attached hydrogen (secondary N) is 1. The molecule has 1 aliphatic heterocycles. The van der Waals surface area contributed by atoms with E-state index in [1.807, 2.05) is 6.26 Å². The molecule has 1 aliphatic rings. The molecular formula is C21H24N2O4S2. The zero-order valence-electron chi connectivity index (χ0n) is 16.3. The molecule has 0 aliphatic carbocycles. The second-order valence-electron chi connectivity index (χ2n) is 6.59. The summed E-state index contributed by atoms with van der Waals surface area (Å²) < 4.78 is 33.9. The van der Waals surface area contributed by atoms with Crippen LogP contribution >= 0.6 is 11.8 Å². The van der Waals surface area contributed by atoms with Crippen LogP contribution in [0, 0.1) is 0 Å². The number of sulfonamides is 1. The van der Waals surface area contributed by atoms with Gasteiger partial charge in [-0.3, -0.25) is 9.52 Å². The number of carbonyl (C=O) groups is 1. The number of hydrogen-bond donors (Lipinski definition) is 1. The quantitative estimate of drug-likeness (QED) is 0.504. The molecule has 29 heavy (non-hydrogen) atoms. The van der Waals surface area contributed by atoms with Crippen molar-refractivity contribution in [3.05, 3.63) is 60.7 Å². The molecule has 3 rings (SSSR count). The van der Waals surface area contributed by atoms with Crippen molar-refractivity contribution in [2.24, 2.45) is 0 Å². The molecule has 2 aromatic carbocycles. The molecule has 1 N–H and O–H groups in total. The van der Waals surface area contributed by atoms with Crippen LogP contribution in [0.4, 0.5) is 5.69 Å². The van der Waals surface area contributed by atoms with Gasteiger partial charge in [-0.05, 0) is 49.4 Å². The van der Waals surface area contributed by atoms with E-state index in [1.54, 1.807) is 41.3 Å². The molecule has 0 aromatic heterocycles. The number of hydrogen-bond acceptors (Lipinski definition) is 5. The molecular weight excluding hydrogens is 408 g/mol. The standard InChI is InChI=1S/C21H24N2O4S2/c1-3-13-27-17-8-6-7-16(14-17)22-29(25,26)18-9-10-20(28-2)19(15-18)21(24)23-11-4-5-12-23/h3,6-10,14-15,22H,1,4-5,11-13H2,2H3. The zero-order valence-corrected chi connectivity index (χ0v) is 17.9. The van der Waals surface area contributed by atoms with Crippen LogP contribution in [-0.4, -0.2) is 45.2 Å². The molecule has 1 amide bonds. The highest BCUT2D eigenvalue weighted by molar-refractivity contribution is 7.98. The van der Waals surface area contributed by atoms with Crippen LogP contribution in [0.3, 0.4) is 0 Å². The van der Waals surface area contributed by atoms with E-state index in [2.05, 4.69) is 11.3 Å². The summed E-state index contributed by atoms with van der Waals surface area (Å²) in [6.45, 7) is 5.34. The van der Waals surface area contributed by atoms with Gasteiger partial charge in [0.1, 0.15) is 12.4 Å². The Labute approximate surface area is 176 Å². The smallest absolute Gasteiger partial charge is 0.261 e. The maximum absolute atomic E-state index is 12.9. The minimum absolute atomic E-state index is 0.0512. The van der Waals surface area contributed by atoms with Gasteiger partial charge in [0, 0.05) is 24.1 Å². The Kier molecular flexibility index (Phi) is 6.87. The molecule has 1 saturated heterocycles. The van der Waals surface area contributed by atoms with Crippen molar-refractivity contribution in [2.75, 3.05) is 30.7 Å². The van der Waals surface area contributed by atoms with E-state index < -0.39 is 10.0 Å². The highest BCUT2D eigenvalue weighted by atomic mass is 32.2. The number of nitrogens with zero attached hydrogens (tertiary/aromatic N) is 1. The Balaban J connectivity index is 1.87. The molecule has 0 unspecified atom stereocenters. The van der Waals surface area contributed by atoms with Gasteiger partial charge < -0.3 is 9.64 Å². The lowest BCUT2D eigenvalue weighted by molar-refractivity contribution is 0.0789. The van der Waals surface area contributed by atoms with Gasteiger partial charge in [0.2, 0.25) is 0 Å². The SMILES string of the molecule is C=CCOc1cccc(NS(=O)(=O)c2ccc(SC)c(C(=O)N3CCCC3)c2)c1. The first-order chi connectivity index (χ1) is 13.9. The summed E-state index contributed by atoms with van der Waals surface area (Å²) in [5.41, 5.74) is 0.804. The first kappa shape index (κ1) is 21.3. The molecule has 0 saturated carbocycles. The van der Waals surface area contributed by atoms with Crippen LogP contribution in [0.2, 0.25) is 0 Å². The van der Waals surface area contributed by atoms with Crippen LogP contribution in [0.1, 0.15) is 23.2 Å². The van der Waals surface area contributed by atoms with Crippen molar-refractivity contribution < 1.29 is 17.9 Å². The largest absolute Gasteiger partial charge is 0.489 e. The summed E-state index contributed by atoms with van der Waals surface area (Å²) in [6, 6.07) is 11.4. The van der Waals surface area contributed by atoms with Gasteiger partial charge in [0.15, 0.2) is 0 Å². The van der Waals surface area contributed by atoms with Gasteiger partial charge in [0.05, 0.1) is 16.1 Å². The van der Waals surface area contributed by atoms with E-state index in [0.717, 1.165) is 17.7 Å². The van der Waals surface area contributed by atoms with E-state index in [1.165, 1.54) is 23.9 Å². The van der Waals surface area contributed by atoms with Gasteiger partial charge in [-0.25, -0.2) is 8.42 Å². The molecule has 0 spiro atoms. The third kappa shape index (κ3) is 5.13. The number of likely N-dealkylation sites (tertiary alicyclic amines) is 1. The first-order valence-corrected chi connectivity index (χ1v) is 12.0. The minimum Gasteiger partial charge on any atom is -0.489 e. The van der Waals surface area contributed by atoms with Crippen LogP contribution in [0.15, 0.2) is 64.9 Å². The number of anilines is 1. The lowest BCUT2D eigenvalue weighted by Crippen LogP contribution is -2.28. The molecule has 6 nitrogen and oxygen atoms in total. The Bertz CT molecular complexity index is 999. The first-order valence-electron chi connectivity index (χ1n) is 9.28. The molecule has 0 atom stereocenters. The summed E-state index contributed by atoms with van der Waals surface area (Å²) in [5, 5.41) is 0. The summed E-state index contributed by atoms with van der Waals surface area (Å²) in [4.78, 5) is 15.5. The fourth-order valence-corrected chi connectivity index (χ4v) is 4.78. The minimum atomic E-state index is -3.86. The Morgan fingerprint density at radius 2 is 2.00 bits per heavy atom. The Hall–Kier alpha value is -2.45. The number of benzene rings is 2. The highest BCUT2D eigenvalue weighted by Crippen LogP contribution is 2.28. The molecule has 2 aromatic rings. The van der Waals surface area contributed by atoms with Crippen LogP contribution in [-0.2, 0) is 10.0 Å². The predicted octanol–water partition coefficient (Wildman–Crippen LogP) is 4.01. The Morgan fingerprint density at radius 1 is 1.24 bits per heavy atom. The zero-order chi connectivity index (χ0) is 20.9. The number of rotatable bonds is 8. The van der Waals surface area contributed by atoms with Crippen LogP contribution in [0.25, 0.3) is 0 Å². The lowest BCUT2D eigenvalue weighted by Gasteiger charge is -2.18. The van der Waals surface area contributed by atoms with E-state index in [-0.39, 0.29) is 10.8 Å². The maximum Gasteiger partial charge on any atom is 0.261 e. The molecule has 0 bridgehead atoms. The predicted molar refractivity (Wildman–Crippen MR) is 116 cm³/mol. The van der Waals surface area contributed by atoms with Gasteiger partial charge in [-0.1, -0.05) is 18.7 Å². The summed E-state index contributed by atoms with van der Waals surface area (Å²) >= 11 is 1.43. The average Bonchev–Trinajstić information content (AvgIpc) is 3.26. The average molecular weight is 433 g/mol. The van der Waals surface area contributed by atoms with Gasteiger partial charge in [-0.2, -0.15) is 0 Å². The van der Waals surface area contributed by atoms with E-state index in [9.17, 15) is 13.2 Å². The monoisotopic (exact) mass is 432 g/mol. The van der Waals surface area contributed by atoms with Crippen molar-refractivity contribution in [1.82, 2.24) is 4.90 Å². The third-order valence-corrected chi connectivity index (χ3v) is 6.73. The topological polar surface area (TPSA) is 75.7 Å².